The van der Waals surface area contributed by atoms with Gasteiger partial charge in [-0.15, -0.1) is 0 Å². The Morgan fingerprint density at radius 1 is 1.20 bits per heavy atom. The molecule has 1 fully saturated rings. The molecule has 3 rings (SSSR count). The van der Waals surface area contributed by atoms with E-state index in [2.05, 4.69) is 5.43 Å². The Kier molecular flexibility index (Phi) is 9.67. The van der Waals surface area contributed by atoms with Gasteiger partial charge < -0.3 is 20.3 Å². The highest BCUT2D eigenvalue weighted by Gasteiger charge is 2.36. The van der Waals surface area contributed by atoms with Crippen LogP contribution in [0.15, 0.2) is 54.6 Å². The average Bonchev–Trinajstić information content (AvgIpc) is 3.33. The maximum Gasteiger partial charge on any atom is 0.424 e. The highest BCUT2D eigenvalue weighted by molar-refractivity contribution is 7.73. The van der Waals surface area contributed by atoms with Crippen molar-refractivity contribution in [2.24, 2.45) is 5.92 Å². The Morgan fingerprint density at radius 3 is 2.46 bits per heavy atom. The Bertz CT molecular complexity index is 1090. The van der Waals surface area contributed by atoms with Gasteiger partial charge in [0.05, 0.1) is 19.3 Å². The molecule has 0 aliphatic carbocycles. The molecule has 0 aromatic heterocycles. The molecule has 0 bridgehead atoms. The van der Waals surface area contributed by atoms with Crippen molar-refractivity contribution in [3.63, 3.8) is 0 Å². The number of hydrogen-bond acceptors (Lipinski definition) is 8. The number of nitrogens with zero attached hydrogens (tertiary/aromatic N) is 1. The zero-order valence-corrected chi connectivity index (χ0v) is 20.8. The van der Waals surface area contributed by atoms with Crippen LogP contribution >= 0.6 is 0 Å². The Labute approximate surface area is 207 Å². The fourth-order valence-electron chi connectivity index (χ4n) is 3.79. The van der Waals surface area contributed by atoms with Crippen LogP contribution in [0, 0.1) is 5.92 Å². The molecule has 0 radical (unpaired) electrons. The summed E-state index contributed by atoms with van der Waals surface area (Å²) in [6.07, 6.45) is -1.91. The number of hydrazine groups is 1. The lowest BCUT2D eigenvalue weighted by Gasteiger charge is -2.35. The molecule has 190 valence electrons. The number of amides is 1. The second-order valence-electron chi connectivity index (χ2n) is 8.92. The molecule has 1 saturated heterocycles. The van der Waals surface area contributed by atoms with Gasteiger partial charge in [-0.1, -0.05) is 56.3 Å². The van der Waals surface area contributed by atoms with E-state index in [0.717, 1.165) is 5.56 Å². The van der Waals surface area contributed by atoms with Gasteiger partial charge in [0.15, 0.2) is 0 Å². The second kappa shape index (κ2) is 12.7. The number of aliphatic hydroxyl groups excluding tert-OH is 1. The Morgan fingerprint density at radius 2 is 1.89 bits per heavy atom. The van der Waals surface area contributed by atoms with Crippen molar-refractivity contribution in [3.8, 4) is 0 Å². The number of nitrogens with two attached hydrogens (primary N) is 1. The summed E-state index contributed by atoms with van der Waals surface area (Å²) in [6, 6.07) is 14.4. The first-order chi connectivity index (χ1) is 16.8. The van der Waals surface area contributed by atoms with Crippen molar-refractivity contribution in [2.45, 2.75) is 44.9 Å². The molecule has 3 unspecified atom stereocenters. The van der Waals surface area contributed by atoms with Crippen molar-refractivity contribution in [1.29, 1.82) is 0 Å². The molecular formula is C25H33N3O6S. The van der Waals surface area contributed by atoms with Crippen LogP contribution in [0.25, 0.3) is 0 Å². The fourth-order valence-corrected chi connectivity index (χ4v) is 4.47. The molecule has 1 amide bonds. The lowest BCUT2D eigenvalue weighted by atomic mass is 9.95. The smallest absolute Gasteiger partial charge is 0.424 e. The molecule has 2 aromatic rings. The summed E-state index contributed by atoms with van der Waals surface area (Å²) in [5, 5.41) is 12.7. The standard InChI is InChI=1S/C25H33N3O6S/c1-17(2)15-27-28(25(30)34-21-12-13-33-16-21)22(14-18-6-4-3-5-7-18)23(29)24(35(31)32)19-8-10-20(26)11-9-19/h3-11,17,21-23,27,29H,12-16,26H2,1-2H3. The minimum Gasteiger partial charge on any atom is -0.443 e. The number of nitrogens with one attached hydrogen (secondary N) is 1. The topological polar surface area (TPSA) is 131 Å². The van der Waals surface area contributed by atoms with Crippen molar-refractivity contribution < 1.29 is 27.8 Å². The monoisotopic (exact) mass is 503 g/mol. The number of hydrogen-bond donors (Lipinski definition) is 3. The predicted molar refractivity (Wildman–Crippen MR) is 134 cm³/mol. The summed E-state index contributed by atoms with van der Waals surface area (Å²) in [4.78, 5) is 13.1. The molecule has 4 N–H and O–H groups in total. The number of ether oxygens (including phenoxy) is 2. The first kappa shape index (κ1) is 26.7. The van der Waals surface area contributed by atoms with Crippen LogP contribution in [0.5, 0.6) is 0 Å². The minimum absolute atomic E-state index is 0.170. The van der Waals surface area contributed by atoms with E-state index in [1.165, 1.54) is 17.1 Å². The van der Waals surface area contributed by atoms with Crippen molar-refractivity contribution >= 4 is 26.9 Å². The third-order valence-corrected chi connectivity index (χ3v) is 6.49. The number of carbonyl (C=O) groups is 1. The number of benzene rings is 2. The zero-order chi connectivity index (χ0) is 25.4. The number of nitrogen functional groups attached to an aromatic ring is 1. The van der Waals surface area contributed by atoms with Gasteiger partial charge in [-0.05, 0) is 35.6 Å². The van der Waals surface area contributed by atoms with Crippen LogP contribution in [0.1, 0.15) is 31.4 Å². The van der Waals surface area contributed by atoms with E-state index >= 15 is 0 Å². The summed E-state index contributed by atoms with van der Waals surface area (Å²) < 4.78 is 35.6. The first-order valence-electron chi connectivity index (χ1n) is 11.6. The molecule has 0 saturated carbocycles. The Hall–Kier alpha value is -2.92. The largest absolute Gasteiger partial charge is 0.443 e. The molecule has 1 aliphatic heterocycles. The van der Waals surface area contributed by atoms with Crippen LogP contribution in [0.4, 0.5) is 10.5 Å². The van der Waals surface area contributed by atoms with Crippen molar-refractivity contribution in [1.82, 2.24) is 10.4 Å². The van der Waals surface area contributed by atoms with E-state index in [1.54, 1.807) is 12.1 Å². The van der Waals surface area contributed by atoms with Crippen molar-refractivity contribution in [2.75, 3.05) is 25.5 Å². The molecule has 9 nitrogen and oxygen atoms in total. The molecular weight excluding hydrogens is 470 g/mol. The van der Waals surface area contributed by atoms with Gasteiger partial charge in [0.25, 0.3) is 0 Å². The van der Waals surface area contributed by atoms with E-state index in [4.69, 9.17) is 15.2 Å². The fraction of sp³-hybridized carbons (Fsp3) is 0.440. The van der Waals surface area contributed by atoms with Crippen LogP contribution in [-0.4, -0.2) is 67.5 Å². The zero-order valence-electron chi connectivity index (χ0n) is 20.0. The van der Waals surface area contributed by atoms with E-state index in [-0.39, 0.29) is 17.2 Å². The van der Waals surface area contributed by atoms with Gasteiger partial charge >= 0.3 is 6.09 Å². The van der Waals surface area contributed by atoms with Crippen LogP contribution in [-0.2, 0) is 26.2 Å². The van der Waals surface area contributed by atoms with Gasteiger partial charge in [-0.25, -0.2) is 15.2 Å². The first-order valence-corrected chi connectivity index (χ1v) is 12.7. The lowest BCUT2D eigenvalue weighted by molar-refractivity contribution is 0.00630. The van der Waals surface area contributed by atoms with Gasteiger partial charge in [0.2, 0.25) is 10.3 Å². The van der Waals surface area contributed by atoms with E-state index in [0.29, 0.717) is 37.4 Å². The summed E-state index contributed by atoms with van der Waals surface area (Å²) in [5.74, 6) is 0.170. The highest BCUT2D eigenvalue weighted by Crippen LogP contribution is 2.19. The van der Waals surface area contributed by atoms with Gasteiger partial charge in [-0.3, -0.25) is 0 Å². The molecule has 1 heterocycles. The van der Waals surface area contributed by atoms with E-state index in [9.17, 15) is 18.3 Å². The summed E-state index contributed by atoms with van der Waals surface area (Å²) in [6.45, 7) is 5.15. The maximum absolute atomic E-state index is 13.3. The minimum atomic E-state index is -2.77. The summed E-state index contributed by atoms with van der Waals surface area (Å²) in [7, 11) is -2.77. The summed E-state index contributed by atoms with van der Waals surface area (Å²) in [5.41, 5.74) is 10.4. The number of aliphatic hydroxyl groups is 1. The van der Waals surface area contributed by atoms with Gasteiger partial charge in [0, 0.05) is 18.7 Å². The van der Waals surface area contributed by atoms with Crippen molar-refractivity contribution in [3.05, 3.63) is 65.7 Å². The van der Waals surface area contributed by atoms with E-state index in [1.807, 2.05) is 44.2 Å². The van der Waals surface area contributed by atoms with Gasteiger partial charge in [-0.2, -0.15) is 8.42 Å². The normalized spacial score (nSPS) is 17.1. The maximum atomic E-state index is 13.3. The predicted octanol–water partition coefficient (Wildman–Crippen LogP) is 2.03. The van der Waals surface area contributed by atoms with Gasteiger partial charge in [0.1, 0.15) is 17.1 Å². The number of carbonyl (C=O) groups excluding carboxylic acids is 1. The molecule has 2 aromatic carbocycles. The quantitative estimate of drug-likeness (QED) is 0.194. The van der Waals surface area contributed by atoms with E-state index < -0.39 is 34.6 Å². The summed E-state index contributed by atoms with van der Waals surface area (Å²) >= 11 is 0. The molecule has 0 spiro atoms. The van der Waals surface area contributed by atoms with Crippen LogP contribution in [0.3, 0.4) is 0 Å². The lowest BCUT2D eigenvalue weighted by Crippen LogP contribution is -2.58. The molecule has 1 aliphatic rings. The Balaban J connectivity index is 2.01. The highest BCUT2D eigenvalue weighted by atomic mass is 32.2. The third-order valence-electron chi connectivity index (χ3n) is 5.65. The third kappa shape index (κ3) is 7.53. The number of rotatable bonds is 10. The van der Waals surface area contributed by atoms with Crippen LogP contribution < -0.4 is 11.2 Å². The molecule has 35 heavy (non-hydrogen) atoms. The SMILES string of the molecule is CC(C)CNN(C(=O)OC1CCOC1)C(Cc1ccccc1)C(O)C(c1ccc(N)cc1)=S(=O)=O. The molecule has 3 atom stereocenters. The number of anilines is 1. The molecule has 10 heteroatoms. The average molecular weight is 504 g/mol. The van der Waals surface area contributed by atoms with Crippen LogP contribution in [0.2, 0.25) is 0 Å². The second-order valence-corrected chi connectivity index (χ2v) is 9.83.